The molecule has 0 aromatic carbocycles. The van der Waals surface area contributed by atoms with E-state index in [0.717, 1.165) is 17.8 Å². The first kappa shape index (κ1) is 15.5. The molecule has 1 N–H and O–H groups in total. The Balaban J connectivity index is 2.28. The Bertz CT molecular complexity index is 680. The normalized spacial score (nSPS) is 10.9. The summed E-state index contributed by atoms with van der Waals surface area (Å²) in [5, 5.41) is 11.6. The standard InChI is InChI=1S/C13H18ClN5O2/c1-4-9-11(8-18(2)17-9)16-10-7-15-19(5-6-21-3)13(20)12(10)14/h7-8,16H,4-6H2,1-3H3. The van der Waals surface area contributed by atoms with Gasteiger partial charge in [-0.25, -0.2) is 4.68 Å². The number of aryl methyl sites for hydroxylation is 2. The number of ether oxygens (including phenoxy) is 1. The molecule has 2 heterocycles. The van der Waals surface area contributed by atoms with Crippen molar-refractivity contribution in [2.75, 3.05) is 19.0 Å². The number of anilines is 2. The SMILES string of the molecule is CCc1nn(C)cc1Nc1cnn(CCOC)c(=O)c1Cl. The Kier molecular flexibility index (Phi) is 4.98. The highest BCUT2D eigenvalue weighted by Gasteiger charge is 2.12. The summed E-state index contributed by atoms with van der Waals surface area (Å²) in [5.41, 5.74) is 1.84. The van der Waals surface area contributed by atoms with Crippen LogP contribution < -0.4 is 10.9 Å². The fourth-order valence-electron chi connectivity index (χ4n) is 1.93. The van der Waals surface area contributed by atoms with Gasteiger partial charge in [-0.1, -0.05) is 18.5 Å². The molecule has 2 aromatic heterocycles. The van der Waals surface area contributed by atoms with E-state index in [0.29, 0.717) is 18.8 Å². The van der Waals surface area contributed by atoms with Crippen LogP contribution in [0.2, 0.25) is 5.02 Å². The monoisotopic (exact) mass is 311 g/mol. The highest BCUT2D eigenvalue weighted by molar-refractivity contribution is 6.33. The number of hydrogen-bond donors (Lipinski definition) is 1. The minimum Gasteiger partial charge on any atom is -0.383 e. The summed E-state index contributed by atoms with van der Waals surface area (Å²) in [6.45, 7) is 2.77. The number of nitrogens with zero attached hydrogens (tertiary/aromatic N) is 4. The van der Waals surface area contributed by atoms with E-state index in [1.807, 2.05) is 20.2 Å². The van der Waals surface area contributed by atoms with Gasteiger partial charge >= 0.3 is 0 Å². The van der Waals surface area contributed by atoms with Crippen molar-refractivity contribution in [2.24, 2.45) is 7.05 Å². The van der Waals surface area contributed by atoms with Crippen LogP contribution in [-0.4, -0.2) is 33.3 Å². The lowest BCUT2D eigenvalue weighted by Gasteiger charge is -2.09. The Hall–Kier alpha value is -1.86. The molecular formula is C13H18ClN5O2. The van der Waals surface area contributed by atoms with Gasteiger partial charge in [0.25, 0.3) is 5.56 Å². The molecule has 0 fully saturated rings. The summed E-state index contributed by atoms with van der Waals surface area (Å²) >= 11 is 6.13. The second-order valence-electron chi connectivity index (χ2n) is 4.54. The van der Waals surface area contributed by atoms with Crippen molar-refractivity contribution in [1.82, 2.24) is 19.6 Å². The van der Waals surface area contributed by atoms with Gasteiger partial charge in [0, 0.05) is 20.4 Å². The lowest BCUT2D eigenvalue weighted by molar-refractivity contribution is 0.182. The molecule has 0 atom stereocenters. The summed E-state index contributed by atoms with van der Waals surface area (Å²) < 4.78 is 7.92. The number of rotatable bonds is 6. The lowest BCUT2D eigenvalue weighted by atomic mass is 10.3. The van der Waals surface area contributed by atoms with Crippen molar-refractivity contribution in [1.29, 1.82) is 0 Å². The van der Waals surface area contributed by atoms with E-state index < -0.39 is 0 Å². The van der Waals surface area contributed by atoms with Gasteiger partial charge in [-0.2, -0.15) is 10.2 Å². The molecular weight excluding hydrogens is 294 g/mol. The second kappa shape index (κ2) is 6.73. The van der Waals surface area contributed by atoms with E-state index in [9.17, 15) is 4.79 Å². The van der Waals surface area contributed by atoms with Crippen LogP contribution >= 0.6 is 11.6 Å². The first-order valence-corrected chi connectivity index (χ1v) is 6.98. The third-order valence-electron chi connectivity index (χ3n) is 3.00. The molecule has 0 aliphatic rings. The van der Waals surface area contributed by atoms with Gasteiger partial charge in [0.1, 0.15) is 5.02 Å². The van der Waals surface area contributed by atoms with Crippen molar-refractivity contribution < 1.29 is 4.74 Å². The zero-order valence-corrected chi connectivity index (χ0v) is 13.0. The van der Waals surface area contributed by atoms with E-state index in [-0.39, 0.29) is 10.6 Å². The van der Waals surface area contributed by atoms with Crippen LogP contribution in [0.15, 0.2) is 17.2 Å². The summed E-state index contributed by atoms with van der Waals surface area (Å²) in [5.74, 6) is 0. The molecule has 0 unspecified atom stereocenters. The first-order chi connectivity index (χ1) is 10.1. The number of nitrogens with one attached hydrogen (secondary N) is 1. The van der Waals surface area contributed by atoms with Gasteiger partial charge in [0.05, 0.1) is 36.4 Å². The molecule has 0 spiro atoms. The minimum absolute atomic E-state index is 0.104. The Morgan fingerprint density at radius 2 is 2.19 bits per heavy atom. The molecule has 0 aliphatic heterocycles. The van der Waals surface area contributed by atoms with Crippen molar-refractivity contribution in [3.05, 3.63) is 33.5 Å². The molecule has 0 saturated carbocycles. The largest absolute Gasteiger partial charge is 0.383 e. The highest BCUT2D eigenvalue weighted by atomic mass is 35.5. The average Bonchev–Trinajstić information content (AvgIpc) is 2.83. The Morgan fingerprint density at radius 1 is 1.43 bits per heavy atom. The Labute approximate surface area is 127 Å². The van der Waals surface area contributed by atoms with Crippen LogP contribution in [0.3, 0.4) is 0 Å². The highest BCUT2D eigenvalue weighted by Crippen LogP contribution is 2.23. The van der Waals surface area contributed by atoms with E-state index in [4.69, 9.17) is 16.3 Å². The van der Waals surface area contributed by atoms with Gasteiger partial charge in [-0.05, 0) is 6.42 Å². The fraction of sp³-hybridized carbons (Fsp3) is 0.462. The predicted octanol–water partition coefficient (Wildman–Crippen LogP) is 1.58. The van der Waals surface area contributed by atoms with Crippen molar-refractivity contribution in [3.8, 4) is 0 Å². The molecule has 0 saturated heterocycles. The molecule has 2 aromatic rings. The molecule has 21 heavy (non-hydrogen) atoms. The van der Waals surface area contributed by atoms with Gasteiger partial charge in [-0.3, -0.25) is 9.48 Å². The molecule has 7 nitrogen and oxygen atoms in total. The number of methoxy groups -OCH3 is 1. The number of aromatic nitrogens is 4. The molecule has 114 valence electrons. The Morgan fingerprint density at radius 3 is 2.86 bits per heavy atom. The zero-order valence-electron chi connectivity index (χ0n) is 12.3. The summed E-state index contributed by atoms with van der Waals surface area (Å²) in [6, 6.07) is 0. The van der Waals surface area contributed by atoms with Crippen molar-refractivity contribution >= 4 is 23.0 Å². The third kappa shape index (κ3) is 3.43. The van der Waals surface area contributed by atoms with Gasteiger partial charge < -0.3 is 10.1 Å². The maximum atomic E-state index is 12.1. The fourth-order valence-corrected chi connectivity index (χ4v) is 2.13. The van der Waals surface area contributed by atoms with Crippen LogP contribution in [0.5, 0.6) is 0 Å². The number of halogens is 1. The lowest BCUT2D eigenvalue weighted by Crippen LogP contribution is -2.25. The number of hydrogen-bond acceptors (Lipinski definition) is 5. The van der Waals surface area contributed by atoms with Crippen molar-refractivity contribution in [3.63, 3.8) is 0 Å². The van der Waals surface area contributed by atoms with E-state index >= 15 is 0 Å². The summed E-state index contributed by atoms with van der Waals surface area (Å²) in [4.78, 5) is 12.1. The molecule has 2 rings (SSSR count). The summed E-state index contributed by atoms with van der Waals surface area (Å²) in [7, 11) is 3.41. The van der Waals surface area contributed by atoms with Gasteiger partial charge in [0.15, 0.2) is 0 Å². The van der Waals surface area contributed by atoms with Crippen LogP contribution in [0.1, 0.15) is 12.6 Å². The van der Waals surface area contributed by atoms with Gasteiger partial charge in [-0.15, -0.1) is 0 Å². The quantitative estimate of drug-likeness (QED) is 0.877. The molecule has 0 radical (unpaired) electrons. The topological polar surface area (TPSA) is 74.0 Å². The van der Waals surface area contributed by atoms with E-state index in [1.54, 1.807) is 11.8 Å². The molecule has 0 bridgehead atoms. The van der Waals surface area contributed by atoms with Crippen LogP contribution in [-0.2, 0) is 24.8 Å². The second-order valence-corrected chi connectivity index (χ2v) is 4.91. The van der Waals surface area contributed by atoms with Crippen LogP contribution in [0.25, 0.3) is 0 Å². The van der Waals surface area contributed by atoms with E-state index in [1.165, 1.54) is 10.9 Å². The molecule has 8 heteroatoms. The van der Waals surface area contributed by atoms with E-state index in [2.05, 4.69) is 15.5 Å². The first-order valence-electron chi connectivity index (χ1n) is 6.61. The van der Waals surface area contributed by atoms with Crippen molar-refractivity contribution in [2.45, 2.75) is 19.9 Å². The smallest absolute Gasteiger partial charge is 0.287 e. The maximum Gasteiger partial charge on any atom is 0.287 e. The van der Waals surface area contributed by atoms with Gasteiger partial charge in [0.2, 0.25) is 0 Å². The zero-order chi connectivity index (χ0) is 15.4. The molecule has 0 aliphatic carbocycles. The average molecular weight is 312 g/mol. The van der Waals surface area contributed by atoms with Crippen LogP contribution in [0, 0.1) is 0 Å². The van der Waals surface area contributed by atoms with Crippen LogP contribution in [0.4, 0.5) is 11.4 Å². The third-order valence-corrected chi connectivity index (χ3v) is 3.37. The minimum atomic E-state index is -0.347. The maximum absolute atomic E-state index is 12.1. The predicted molar refractivity (Wildman–Crippen MR) is 81.3 cm³/mol. The summed E-state index contributed by atoms with van der Waals surface area (Å²) in [6.07, 6.45) is 4.15. The molecule has 0 amide bonds.